The number of ether oxygens (including phenoxy) is 1. The fraction of sp³-hybridized carbons (Fsp3) is 0.250. The number of carbonyl (C=O) groups is 1. The molecule has 0 saturated heterocycles. The largest absolute Gasteiger partial charge is 0.463 e. The molecule has 2 rings (SSSR count). The van der Waals surface area contributed by atoms with Gasteiger partial charge in [0.25, 0.3) is 0 Å². The van der Waals surface area contributed by atoms with E-state index < -0.39 is 6.10 Å². The van der Waals surface area contributed by atoms with Crippen LogP contribution in [0.15, 0.2) is 29.6 Å². The molecule has 0 saturated carbocycles. The summed E-state index contributed by atoms with van der Waals surface area (Å²) in [6.45, 7) is 1.34. The van der Waals surface area contributed by atoms with Gasteiger partial charge in [-0.3, -0.25) is 4.79 Å². The van der Waals surface area contributed by atoms with Crippen LogP contribution >= 0.6 is 11.3 Å². The zero-order valence-electron chi connectivity index (χ0n) is 8.84. The first kappa shape index (κ1) is 11.1. The number of rotatable bonds is 3. The van der Waals surface area contributed by atoms with Gasteiger partial charge >= 0.3 is 5.97 Å². The molecule has 2 aromatic rings. The molecule has 1 aromatic carbocycles. The van der Waals surface area contributed by atoms with Gasteiger partial charge in [-0.1, -0.05) is 18.2 Å². The topological polar surface area (TPSA) is 46.5 Å². The molecule has 0 aliphatic heterocycles. The Balaban J connectivity index is 2.22. The highest BCUT2D eigenvalue weighted by atomic mass is 32.1. The molecule has 16 heavy (non-hydrogen) atoms. The van der Waals surface area contributed by atoms with Crippen molar-refractivity contribution in [3.63, 3.8) is 0 Å². The summed E-state index contributed by atoms with van der Waals surface area (Å²) in [5.74, 6) is -0.376. The van der Waals surface area contributed by atoms with Crippen LogP contribution < -0.4 is 0 Å². The fourth-order valence-corrected chi connectivity index (χ4v) is 2.55. The summed E-state index contributed by atoms with van der Waals surface area (Å²) < 4.78 is 5.92. The lowest BCUT2D eigenvalue weighted by Gasteiger charge is -2.09. The number of aliphatic hydroxyl groups is 1. The highest BCUT2D eigenvalue weighted by Gasteiger charge is 2.13. The number of hydrogen-bond donors (Lipinski definition) is 1. The van der Waals surface area contributed by atoms with Crippen molar-refractivity contribution in [2.24, 2.45) is 0 Å². The van der Waals surface area contributed by atoms with Crippen molar-refractivity contribution in [3.05, 3.63) is 35.2 Å². The second-order valence-electron chi connectivity index (χ2n) is 3.51. The van der Waals surface area contributed by atoms with Crippen LogP contribution in [0, 0.1) is 0 Å². The van der Waals surface area contributed by atoms with E-state index in [2.05, 4.69) is 0 Å². The molecule has 0 fully saturated rings. The van der Waals surface area contributed by atoms with E-state index >= 15 is 0 Å². The summed E-state index contributed by atoms with van der Waals surface area (Å²) in [5.41, 5.74) is 0.821. The molecule has 1 heterocycles. The molecule has 1 N–H and O–H groups in total. The van der Waals surface area contributed by atoms with Gasteiger partial charge in [0.2, 0.25) is 0 Å². The molecule has 0 spiro atoms. The monoisotopic (exact) mass is 236 g/mol. The van der Waals surface area contributed by atoms with E-state index in [1.165, 1.54) is 6.92 Å². The standard InChI is InChI=1S/C12H12O3S/c1-8(13)15-6-11(14)10-7-16-12-5-3-2-4-9(10)12/h2-5,7,11,14H,6H2,1H3/t11-/m1/s1. The molecule has 0 aliphatic carbocycles. The molecule has 1 aromatic heterocycles. The van der Waals surface area contributed by atoms with E-state index in [0.717, 1.165) is 15.6 Å². The smallest absolute Gasteiger partial charge is 0.302 e. The zero-order chi connectivity index (χ0) is 11.5. The van der Waals surface area contributed by atoms with Crippen LogP contribution in [0.2, 0.25) is 0 Å². The third-order valence-corrected chi connectivity index (χ3v) is 3.30. The van der Waals surface area contributed by atoms with Gasteiger partial charge in [-0.25, -0.2) is 0 Å². The molecule has 0 amide bonds. The van der Waals surface area contributed by atoms with Crippen LogP contribution in [0.1, 0.15) is 18.6 Å². The fourth-order valence-electron chi connectivity index (χ4n) is 1.54. The predicted molar refractivity (Wildman–Crippen MR) is 63.4 cm³/mol. The van der Waals surface area contributed by atoms with Crippen molar-refractivity contribution in [2.45, 2.75) is 13.0 Å². The number of esters is 1. The van der Waals surface area contributed by atoms with E-state index in [1.807, 2.05) is 29.6 Å². The average Bonchev–Trinajstić information content (AvgIpc) is 2.69. The number of fused-ring (bicyclic) bond motifs is 1. The van der Waals surface area contributed by atoms with Crippen molar-refractivity contribution in [2.75, 3.05) is 6.61 Å². The lowest BCUT2D eigenvalue weighted by molar-refractivity contribution is -0.144. The molecule has 0 unspecified atom stereocenters. The second-order valence-corrected chi connectivity index (χ2v) is 4.42. The molecule has 0 bridgehead atoms. The molecular formula is C12H12O3S. The third-order valence-electron chi connectivity index (χ3n) is 2.31. The van der Waals surface area contributed by atoms with Crippen molar-refractivity contribution in [1.82, 2.24) is 0 Å². The van der Waals surface area contributed by atoms with Crippen molar-refractivity contribution in [1.29, 1.82) is 0 Å². The van der Waals surface area contributed by atoms with Crippen LogP contribution in [0.4, 0.5) is 0 Å². The van der Waals surface area contributed by atoms with E-state index in [9.17, 15) is 9.90 Å². The van der Waals surface area contributed by atoms with Crippen LogP contribution in [-0.2, 0) is 9.53 Å². The lowest BCUT2D eigenvalue weighted by Crippen LogP contribution is -2.09. The lowest BCUT2D eigenvalue weighted by atomic mass is 10.1. The minimum atomic E-state index is -0.750. The molecule has 4 heteroatoms. The molecule has 0 radical (unpaired) electrons. The van der Waals surface area contributed by atoms with Gasteiger partial charge in [0.15, 0.2) is 0 Å². The molecule has 1 atom stereocenters. The number of thiophene rings is 1. The summed E-state index contributed by atoms with van der Waals surface area (Å²) in [6, 6.07) is 7.85. The highest BCUT2D eigenvalue weighted by Crippen LogP contribution is 2.30. The highest BCUT2D eigenvalue weighted by molar-refractivity contribution is 7.17. The minimum Gasteiger partial charge on any atom is -0.463 e. The van der Waals surface area contributed by atoms with Crippen molar-refractivity contribution in [3.8, 4) is 0 Å². The van der Waals surface area contributed by atoms with Gasteiger partial charge in [-0.2, -0.15) is 0 Å². The Bertz CT molecular complexity index is 504. The van der Waals surface area contributed by atoms with Crippen LogP contribution in [0.3, 0.4) is 0 Å². The Morgan fingerprint density at radius 2 is 2.25 bits per heavy atom. The maximum absolute atomic E-state index is 10.7. The van der Waals surface area contributed by atoms with Crippen LogP contribution in [-0.4, -0.2) is 17.7 Å². The average molecular weight is 236 g/mol. The summed E-state index contributed by atoms with van der Waals surface area (Å²) >= 11 is 1.58. The third kappa shape index (κ3) is 2.23. The molecule has 3 nitrogen and oxygen atoms in total. The number of benzene rings is 1. The molecule has 0 aliphatic rings. The Morgan fingerprint density at radius 1 is 1.50 bits per heavy atom. The first-order valence-corrected chi connectivity index (χ1v) is 5.84. The molecular weight excluding hydrogens is 224 g/mol. The number of hydrogen-bond acceptors (Lipinski definition) is 4. The second kappa shape index (κ2) is 4.63. The summed E-state index contributed by atoms with van der Waals surface area (Å²) in [6.07, 6.45) is -0.750. The van der Waals surface area contributed by atoms with E-state index in [-0.39, 0.29) is 12.6 Å². The van der Waals surface area contributed by atoms with Gasteiger partial charge in [0.1, 0.15) is 12.7 Å². The van der Waals surface area contributed by atoms with E-state index in [0.29, 0.717) is 0 Å². The first-order valence-electron chi connectivity index (χ1n) is 4.96. The van der Waals surface area contributed by atoms with Gasteiger partial charge in [-0.05, 0) is 16.8 Å². The van der Waals surface area contributed by atoms with Gasteiger partial charge in [0.05, 0.1) is 0 Å². The predicted octanol–water partition coefficient (Wildman–Crippen LogP) is 2.50. The maximum Gasteiger partial charge on any atom is 0.302 e. The Morgan fingerprint density at radius 3 is 3.00 bits per heavy atom. The van der Waals surface area contributed by atoms with E-state index in [4.69, 9.17) is 4.74 Å². The quantitative estimate of drug-likeness (QED) is 0.833. The molecule has 84 valence electrons. The Kier molecular flexibility index (Phi) is 3.22. The Labute approximate surface area is 97.3 Å². The number of carbonyl (C=O) groups excluding carboxylic acids is 1. The van der Waals surface area contributed by atoms with E-state index in [1.54, 1.807) is 11.3 Å². The summed E-state index contributed by atoms with van der Waals surface area (Å²) in [4.78, 5) is 10.7. The van der Waals surface area contributed by atoms with Crippen molar-refractivity contribution < 1.29 is 14.6 Å². The first-order chi connectivity index (χ1) is 7.68. The zero-order valence-corrected chi connectivity index (χ0v) is 9.66. The SMILES string of the molecule is CC(=O)OC[C@@H](O)c1csc2ccccc12. The van der Waals surface area contributed by atoms with Crippen LogP contribution in [0.25, 0.3) is 10.1 Å². The number of aliphatic hydroxyl groups excluding tert-OH is 1. The minimum absolute atomic E-state index is 0.00998. The summed E-state index contributed by atoms with van der Waals surface area (Å²) in [5, 5.41) is 12.8. The van der Waals surface area contributed by atoms with Crippen LogP contribution in [0.5, 0.6) is 0 Å². The summed E-state index contributed by atoms with van der Waals surface area (Å²) in [7, 11) is 0. The van der Waals surface area contributed by atoms with Gasteiger partial charge in [0, 0.05) is 17.2 Å². The normalized spacial score (nSPS) is 12.6. The van der Waals surface area contributed by atoms with Crippen molar-refractivity contribution >= 4 is 27.4 Å². The van der Waals surface area contributed by atoms with Gasteiger partial charge in [-0.15, -0.1) is 11.3 Å². The maximum atomic E-state index is 10.7. The Hall–Kier alpha value is -1.39. The van der Waals surface area contributed by atoms with Gasteiger partial charge < -0.3 is 9.84 Å².